The van der Waals surface area contributed by atoms with Crippen LogP contribution in [0.3, 0.4) is 0 Å². The summed E-state index contributed by atoms with van der Waals surface area (Å²) in [5, 5.41) is 0.212. The lowest BCUT2D eigenvalue weighted by molar-refractivity contribution is -0.0466. The van der Waals surface area contributed by atoms with Crippen LogP contribution in [0.2, 0.25) is 5.02 Å². The summed E-state index contributed by atoms with van der Waals surface area (Å²) in [4.78, 5) is 0. The molecule has 0 bridgehead atoms. The molecule has 0 heterocycles. The topological polar surface area (TPSA) is 35.2 Å². The van der Waals surface area contributed by atoms with Gasteiger partial charge in [0.25, 0.3) is 0 Å². The van der Waals surface area contributed by atoms with Crippen molar-refractivity contribution in [1.29, 1.82) is 0 Å². The second-order valence-corrected chi connectivity index (χ2v) is 4.46. The standard InChI is InChI=1S/C14H12ClF2NO/c15-12-8-11(18)6-7-13(12)19-9-14(16,17)10-4-2-1-3-5-10/h1-8H,9,18H2. The Morgan fingerprint density at radius 1 is 1.11 bits per heavy atom. The van der Waals surface area contributed by atoms with Gasteiger partial charge in [0, 0.05) is 11.3 Å². The molecule has 2 rings (SSSR count). The minimum absolute atomic E-state index is 0.0958. The number of anilines is 1. The molecule has 2 N–H and O–H groups in total. The van der Waals surface area contributed by atoms with Gasteiger partial charge in [-0.05, 0) is 18.2 Å². The summed E-state index contributed by atoms with van der Waals surface area (Å²) in [5.74, 6) is -2.89. The molecule has 0 unspecified atom stereocenters. The summed E-state index contributed by atoms with van der Waals surface area (Å²) < 4.78 is 32.8. The van der Waals surface area contributed by atoms with Gasteiger partial charge in [0.2, 0.25) is 0 Å². The fourth-order valence-electron chi connectivity index (χ4n) is 1.57. The van der Waals surface area contributed by atoms with Crippen LogP contribution in [-0.2, 0) is 5.92 Å². The number of nitrogens with two attached hydrogens (primary N) is 1. The molecule has 0 amide bonds. The molecule has 100 valence electrons. The van der Waals surface area contributed by atoms with Gasteiger partial charge in [-0.3, -0.25) is 0 Å². The zero-order chi connectivity index (χ0) is 13.9. The van der Waals surface area contributed by atoms with Gasteiger partial charge in [0.05, 0.1) is 5.02 Å². The smallest absolute Gasteiger partial charge is 0.306 e. The fraction of sp³-hybridized carbons (Fsp3) is 0.143. The van der Waals surface area contributed by atoms with Crippen molar-refractivity contribution >= 4 is 17.3 Å². The molecule has 0 saturated carbocycles. The summed E-state index contributed by atoms with van der Waals surface area (Å²) in [5.41, 5.74) is 5.87. The fourth-order valence-corrected chi connectivity index (χ4v) is 1.81. The van der Waals surface area contributed by atoms with E-state index in [0.717, 1.165) is 0 Å². The predicted octanol–water partition coefficient (Wildman–Crippen LogP) is 4.09. The second-order valence-electron chi connectivity index (χ2n) is 4.05. The number of rotatable bonds is 4. The molecular formula is C14H12ClF2NO. The lowest BCUT2D eigenvalue weighted by atomic mass is 10.1. The number of benzene rings is 2. The molecule has 0 spiro atoms. The number of ether oxygens (including phenoxy) is 1. The third kappa shape index (κ3) is 3.35. The van der Waals surface area contributed by atoms with Gasteiger partial charge in [-0.25, -0.2) is 0 Å². The molecule has 0 saturated heterocycles. The number of halogens is 3. The molecule has 2 nitrogen and oxygen atoms in total. The molecule has 2 aromatic rings. The Balaban J connectivity index is 2.09. The molecule has 0 atom stereocenters. The number of hydrogen-bond acceptors (Lipinski definition) is 2. The number of alkyl halides is 2. The molecule has 2 aromatic carbocycles. The highest BCUT2D eigenvalue weighted by molar-refractivity contribution is 6.32. The summed E-state index contributed by atoms with van der Waals surface area (Å²) in [7, 11) is 0. The van der Waals surface area contributed by atoms with Gasteiger partial charge < -0.3 is 10.5 Å². The molecule has 0 fully saturated rings. The predicted molar refractivity (Wildman–Crippen MR) is 71.7 cm³/mol. The first-order valence-electron chi connectivity index (χ1n) is 5.60. The van der Waals surface area contributed by atoms with E-state index in [4.69, 9.17) is 22.1 Å². The van der Waals surface area contributed by atoms with E-state index in [0.29, 0.717) is 5.69 Å². The maximum Gasteiger partial charge on any atom is 0.306 e. The van der Waals surface area contributed by atoms with Crippen molar-refractivity contribution in [2.45, 2.75) is 5.92 Å². The van der Waals surface area contributed by atoms with Crippen molar-refractivity contribution < 1.29 is 13.5 Å². The Labute approximate surface area is 114 Å². The zero-order valence-electron chi connectivity index (χ0n) is 9.95. The zero-order valence-corrected chi connectivity index (χ0v) is 10.7. The van der Waals surface area contributed by atoms with E-state index in [-0.39, 0.29) is 16.3 Å². The minimum atomic E-state index is -3.08. The molecule has 19 heavy (non-hydrogen) atoms. The minimum Gasteiger partial charge on any atom is -0.485 e. The van der Waals surface area contributed by atoms with Gasteiger partial charge in [-0.2, -0.15) is 8.78 Å². The van der Waals surface area contributed by atoms with Crippen LogP contribution in [0.1, 0.15) is 5.56 Å². The average molecular weight is 284 g/mol. The monoisotopic (exact) mass is 283 g/mol. The van der Waals surface area contributed by atoms with Crippen molar-refractivity contribution in [3.05, 3.63) is 59.1 Å². The Bertz CT molecular complexity index is 561. The van der Waals surface area contributed by atoms with E-state index in [1.54, 1.807) is 24.3 Å². The van der Waals surface area contributed by atoms with E-state index < -0.39 is 12.5 Å². The molecule has 0 aliphatic heterocycles. The van der Waals surface area contributed by atoms with Gasteiger partial charge in [0.15, 0.2) is 6.61 Å². The number of nitrogen functional groups attached to an aromatic ring is 1. The quantitative estimate of drug-likeness (QED) is 0.858. The van der Waals surface area contributed by atoms with Crippen LogP contribution in [0, 0.1) is 0 Å². The first kappa shape index (κ1) is 13.6. The Morgan fingerprint density at radius 2 is 1.79 bits per heavy atom. The summed E-state index contributed by atoms with van der Waals surface area (Å²) in [6.45, 7) is -0.777. The normalized spacial score (nSPS) is 11.3. The van der Waals surface area contributed by atoms with Crippen LogP contribution in [0.15, 0.2) is 48.5 Å². The molecule has 0 radical (unpaired) electrons. The Morgan fingerprint density at radius 3 is 2.42 bits per heavy atom. The average Bonchev–Trinajstić information content (AvgIpc) is 2.39. The van der Waals surface area contributed by atoms with E-state index in [2.05, 4.69) is 0 Å². The van der Waals surface area contributed by atoms with E-state index in [1.807, 2.05) is 0 Å². The van der Waals surface area contributed by atoms with E-state index >= 15 is 0 Å². The van der Waals surface area contributed by atoms with Crippen LogP contribution in [0.25, 0.3) is 0 Å². The Hall–Kier alpha value is -1.81. The van der Waals surface area contributed by atoms with Crippen LogP contribution in [-0.4, -0.2) is 6.61 Å². The third-order valence-corrected chi connectivity index (χ3v) is 2.86. The highest BCUT2D eigenvalue weighted by Gasteiger charge is 2.32. The van der Waals surface area contributed by atoms with Crippen molar-refractivity contribution in [1.82, 2.24) is 0 Å². The van der Waals surface area contributed by atoms with Crippen LogP contribution < -0.4 is 10.5 Å². The van der Waals surface area contributed by atoms with Gasteiger partial charge in [-0.15, -0.1) is 0 Å². The lowest BCUT2D eigenvalue weighted by Crippen LogP contribution is -2.23. The van der Waals surface area contributed by atoms with Crippen LogP contribution in [0.5, 0.6) is 5.75 Å². The highest BCUT2D eigenvalue weighted by atomic mass is 35.5. The Kier molecular flexibility index (Phi) is 3.90. The van der Waals surface area contributed by atoms with E-state index in [1.165, 1.54) is 24.3 Å². The van der Waals surface area contributed by atoms with E-state index in [9.17, 15) is 8.78 Å². The highest BCUT2D eigenvalue weighted by Crippen LogP contribution is 2.31. The summed E-state index contributed by atoms with van der Waals surface area (Å²) >= 11 is 5.85. The maximum absolute atomic E-state index is 13.9. The van der Waals surface area contributed by atoms with Gasteiger partial charge in [-0.1, -0.05) is 41.9 Å². The van der Waals surface area contributed by atoms with Gasteiger partial charge in [0.1, 0.15) is 5.75 Å². The van der Waals surface area contributed by atoms with Crippen molar-refractivity contribution in [2.24, 2.45) is 0 Å². The maximum atomic E-state index is 13.9. The lowest BCUT2D eigenvalue weighted by Gasteiger charge is -2.18. The SMILES string of the molecule is Nc1ccc(OCC(F)(F)c2ccccc2)c(Cl)c1. The molecular weight excluding hydrogens is 272 g/mol. The first-order chi connectivity index (χ1) is 8.99. The van der Waals surface area contributed by atoms with Gasteiger partial charge >= 0.3 is 5.92 Å². The molecule has 0 aliphatic carbocycles. The molecule has 5 heteroatoms. The molecule has 0 aromatic heterocycles. The van der Waals surface area contributed by atoms with Crippen LogP contribution >= 0.6 is 11.6 Å². The first-order valence-corrected chi connectivity index (χ1v) is 5.98. The van der Waals surface area contributed by atoms with Crippen LogP contribution in [0.4, 0.5) is 14.5 Å². The summed E-state index contributed by atoms with van der Waals surface area (Å²) in [6.07, 6.45) is 0. The molecule has 0 aliphatic rings. The van der Waals surface area contributed by atoms with Crippen molar-refractivity contribution in [3.63, 3.8) is 0 Å². The van der Waals surface area contributed by atoms with Crippen molar-refractivity contribution in [2.75, 3.05) is 12.3 Å². The second kappa shape index (κ2) is 5.45. The third-order valence-electron chi connectivity index (χ3n) is 2.56. The largest absolute Gasteiger partial charge is 0.485 e. The number of hydrogen-bond donors (Lipinski definition) is 1. The summed E-state index contributed by atoms with van der Waals surface area (Å²) in [6, 6.07) is 12.0. The van der Waals surface area contributed by atoms with Crippen molar-refractivity contribution in [3.8, 4) is 5.75 Å².